The van der Waals surface area contributed by atoms with Crippen LogP contribution < -0.4 is 11.5 Å². The second-order valence-corrected chi connectivity index (χ2v) is 5.41. The van der Waals surface area contributed by atoms with Crippen molar-refractivity contribution in [2.45, 2.75) is 4.90 Å². The Morgan fingerprint density at radius 2 is 2.12 bits per heavy atom. The average Bonchev–Trinajstić information content (AvgIpc) is 2.19. The van der Waals surface area contributed by atoms with Gasteiger partial charge in [-0.1, -0.05) is 11.6 Å². The number of primary amides is 1. The van der Waals surface area contributed by atoms with E-state index in [0.29, 0.717) is 21.2 Å². The molecule has 0 spiro atoms. The number of thioether (sulfide) groups is 1. The van der Waals surface area contributed by atoms with E-state index >= 15 is 0 Å². The van der Waals surface area contributed by atoms with Crippen LogP contribution in [-0.2, 0) is 0 Å². The van der Waals surface area contributed by atoms with Gasteiger partial charge in [-0.25, -0.2) is 0 Å². The first-order valence-electron chi connectivity index (χ1n) is 5.08. The summed E-state index contributed by atoms with van der Waals surface area (Å²) in [6.07, 6.45) is 0. The lowest BCUT2D eigenvalue weighted by atomic mass is 10.2. The molecule has 0 aromatic heterocycles. The number of amides is 1. The molecule has 0 bridgehead atoms. The first-order chi connectivity index (χ1) is 7.91. The van der Waals surface area contributed by atoms with Gasteiger partial charge in [-0.15, -0.1) is 11.8 Å². The Kier molecular flexibility index (Phi) is 5.11. The highest BCUT2D eigenvalue weighted by Gasteiger charge is 2.13. The Balaban J connectivity index is 2.92. The third kappa shape index (κ3) is 4.11. The summed E-state index contributed by atoms with van der Waals surface area (Å²) in [7, 11) is 3.97. The second-order valence-electron chi connectivity index (χ2n) is 3.90. The quantitative estimate of drug-likeness (QED) is 0.632. The fourth-order valence-corrected chi connectivity index (χ4v) is 2.84. The van der Waals surface area contributed by atoms with Crippen LogP contribution in [0.15, 0.2) is 17.0 Å². The molecule has 6 heteroatoms. The minimum absolute atomic E-state index is 0.388. The molecule has 0 unspecified atom stereocenters. The molecule has 0 aliphatic carbocycles. The summed E-state index contributed by atoms with van der Waals surface area (Å²) in [5.74, 6) is 0.322. The molecule has 4 nitrogen and oxygen atoms in total. The molecule has 0 saturated heterocycles. The molecule has 0 radical (unpaired) electrons. The normalized spacial score (nSPS) is 10.8. The zero-order chi connectivity index (χ0) is 13.0. The van der Waals surface area contributed by atoms with Crippen molar-refractivity contribution in [1.29, 1.82) is 0 Å². The Bertz CT molecular complexity index is 423. The molecule has 0 aliphatic rings. The van der Waals surface area contributed by atoms with Gasteiger partial charge in [0.25, 0.3) is 0 Å². The van der Waals surface area contributed by atoms with Gasteiger partial charge in [0, 0.05) is 22.9 Å². The van der Waals surface area contributed by atoms with Gasteiger partial charge in [0.05, 0.1) is 10.6 Å². The minimum Gasteiger partial charge on any atom is -0.399 e. The average molecular weight is 274 g/mol. The zero-order valence-electron chi connectivity index (χ0n) is 9.87. The van der Waals surface area contributed by atoms with Gasteiger partial charge in [-0.05, 0) is 26.2 Å². The van der Waals surface area contributed by atoms with E-state index in [4.69, 9.17) is 23.1 Å². The molecule has 0 saturated carbocycles. The molecule has 1 aromatic carbocycles. The first kappa shape index (κ1) is 14.2. The Morgan fingerprint density at radius 3 is 2.65 bits per heavy atom. The lowest BCUT2D eigenvalue weighted by molar-refractivity contribution is 0.0997. The molecule has 0 aliphatic heterocycles. The monoisotopic (exact) mass is 273 g/mol. The lowest BCUT2D eigenvalue weighted by Gasteiger charge is -2.12. The van der Waals surface area contributed by atoms with Gasteiger partial charge in [-0.2, -0.15) is 0 Å². The van der Waals surface area contributed by atoms with Crippen LogP contribution in [0, 0.1) is 0 Å². The van der Waals surface area contributed by atoms with E-state index in [1.165, 1.54) is 11.8 Å². The van der Waals surface area contributed by atoms with E-state index in [2.05, 4.69) is 4.90 Å². The number of nitrogen functional groups attached to an aromatic ring is 1. The summed E-state index contributed by atoms with van der Waals surface area (Å²) >= 11 is 7.58. The van der Waals surface area contributed by atoms with Crippen LogP contribution in [-0.4, -0.2) is 37.2 Å². The van der Waals surface area contributed by atoms with Crippen molar-refractivity contribution in [3.8, 4) is 0 Å². The van der Waals surface area contributed by atoms with Crippen LogP contribution in [0.25, 0.3) is 0 Å². The number of nitrogens with two attached hydrogens (primary N) is 2. The topological polar surface area (TPSA) is 72.3 Å². The van der Waals surface area contributed by atoms with Crippen LogP contribution in [0.5, 0.6) is 0 Å². The van der Waals surface area contributed by atoms with Crippen molar-refractivity contribution < 1.29 is 4.79 Å². The molecule has 1 aromatic rings. The summed E-state index contributed by atoms with van der Waals surface area (Å²) in [5, 5.41) is 0.475. The number of rotatable bonds is 5. The highest BCUT2D eigenvalue weighted by molar-refractivity contribution is 7.99. The Hall–Kier alpha value is -0.910. The zero-order valence-corrected chi connectivity index (χ0v) is 11.4. The summed E-state index contributed by atoms with van der Waals surface area (Å²) in [5.41, 5.74) is 11.8. The molecule has 17 heavy (non-hydrogen) atoms. The number of hydrogen-bond donors (Lipinski definition) is 2. The van der Waals surface area contributed by atoms with Crippen molar-refractivity contribution in [2.75, 3.05) is 32.1 Å². The van der Waals surface area contributed by atoms with Crippen molar-refractivity contribution >= 4 is 35.0 Å². The van der Waals surface area contributed by atoms with Crippen LogP contribution in [0.3, 0.4) is 0 Å². The summed E-state index contributed by atoms with van der Waals surface area (Å²) in [6, 6.07) is 3.19. The van der Waals surface area contributed by atoms with E-state index in [1.54, 1.807) is 12.1 Å². The maximum absolute atomic E-state index is 11.3. The fraction of sp³-hybridized carbons (Fsp3) is 0.364. The summed E-state index contributed by atoms with van der Waals surface area (Å²) in [4.78, 5) is 14.1. The highest BCUT2D eigenvalue weighted by atomic mass is 35.5. The van der Waals surface area contributed by atoms with Crippen molar-refractivity contribution in [2.24, 2.45) is 5.73 Å². The van der Waals surface area contributed by atoms with E-state index in [-0.39, 0.29) is 0 Å². The SMILES string of the molecule is CN(C)CCSc1c(Cl)cc(N)cc1C(N)=O. The summed E-state index contributed by atoms with van der Waals surface area (Å²) < 4.78 is 0. The third-order valence-electron chi connectivity index (χ3n) is 2.12. The van der Waals surface area contributed by atoms with E-state index < -0.39 is 5.91 Å². The van der Waals surface area contributed by atoms with Gasteiger partial charge in [0.2, 0.25) is 5.91 Å². The molecule has 0 fully saturated rings. The largest absolute Gasteiger partial charge is 0.399 e. The Morgan fingerprint density at radius 1 is 1.47 bits per heavy atom. The van der Waals surface area contributed by atoms with Gasteiger partial charge < -0.3 is 16.4 Å². The molecular formula is C11H16ClN3OS. The van der Waals surface area contributed by atoms with Gasteiger partial charge in [0.15, 0.2) is 0 Å². The molecule has 4 N–H and O–H groups in total. The van der Waals surface area contributed by atoms with Gasteiger partial charge in [-0.3, -0.25) is 4.79 Å². The Labute approximate surface area is 110 Å². The van der Waals surface area contributed by atoms with Gasteiger partial charge in [0.1, 0.15) is 0 Å². The lowest BCUT2D eigenvalue weighted by Crippen LogP contribution is -2.16. The predicted octanol–water partition coefficient (Wildman–Crippen LogP) is 1.67. The first-order valence-corrected chi connectivity index (χ1v) is 6.44. The van der Waals surface area contributed by atoms with Crippen LogP contribution in [0.2, 0.25) is 5.02 Å². The maximum atomic E-state index is 11.3. The van der Waals surface area contributed by atoms with Crippen LogP contribution in [0.1, 0.15) is 10.4 Å². The number of carbonyl (C=O) groups excluding carboxylic acids is 1. The molecule has 1 rings (SSSR count). The number of hydrogen-bond acceptors (Lipinski definition) is 4. The molecule has 0 heterocycles. The standard InChI is InChI=1S/C11H16ClN3OS/c1-15(2)3-4-17-10-8(11(14)16)5-7(13)6-9(10)12/h5-6H,3-4,13H2,1-2H3,(H2,14,16). The summed E-state index contributed by atoms with van der Waals surface area (Å²) in [6.45, 7) is 0.892. The van der Waals surface area contributed by atoms with E-state index in [1.807, 2.05) is 14.1 Å². The number of nitrogens with zero attached hydrogens (tertiary/aromatic N) is 1. The van der Waals surface area contributed by atoms with Crippen molar-refractivity contribution in [3.63, 3.8) is 0 Å². The second kappa shape index (κ2) is 6.14. The fourth-order valence-electron chi connectivity index (χ4n) is 1.27. The van der Waals surface area contributed by atoms with Crippen LogP contribution >= 0.6 is 23.4 Å². The molecular weight excluding hydrogens is 258 g/mol. The van der Waals surface area contributed by atoms with Crippen molar-refractivity contribution in [1.82, 2.24) is 4.90 Å². The number of anilines is 1. The number of benzene rings is 1. The maximum Gasteiger partial charge on any atom is 0.249 e. The van der Waals surface area contributed by atoms with E-state index in [9.17, 15) is 4.79 Å². The number of halogens is 1. The van der Waals surface area contributed by atoms with Crippen molar-refractivity contribution in [3.05, 3.63) is 22.7 Å². The predicted molar refractivity (Wildman–Crippen MR) is 73.7 cm³/mol. The minimum atomic E-state index is -0.508. The smallest absolute Gasteiger partial charge is 0.249 e. The highest BCUT2D eigenvalue weighted by Crippen LogP contribution is 2.32. The van der Waals surface area contributed by atoms with Gasteiger partial charge >= 0.3 is 0 Å². The van der Waals surface area contributed by atoms with E-state index in [0.717, 1.165) is 12.3 Å². The molecule has 0 atom stereocenters. The van der Waals surface area contributed by atoms with Crippen LogP contribution in [0.4, 0.5) is 5.69 Å². The number of carbonyl (C=O) groups is 1. The molecule has 94 valence electrons. The molecule has 1 amide bonds. The third-order valence-corrected chi connectivity index (χ3v) is 3.64.